The smallest absolute Gasteiger partial charge is 0.302 e. The van der Waals surface area contributed by atoms with Gasteiger partial charge in [0, 0.05) is 13.8 Å². The fourth-order valence-electron chi connectivity index (χ4n) is 1.31. The van der Waals surface area contributed by atoms with Crippen molar-refractivity contribution >= 4 is 23.8 Å². The number of hydrogen-bond acceptors (Lipinski definition) is 6. The highest BCUT2D eigenvalue weighted by atomic mass is 16.5. The Hall–Kier alpha value is -2.12. The van der Waals surface area contributed by atoms with E-state index < -0.39 is 35.8 Å². The maximum atomic E-state index is 11.5. The molecule has 0 unspecified atom stereocenters. The number of carbonyl (C=O) groups excluding carboxylic acids is 4. The van der Waals surface area contributed by atoms with Gasteiger partial charge in [0.25, 0.3) is 0 Å². The summed E-state index contributed by atoms with van der Waals surface area (Å²) in [5.74, 6) is -2.07. The Labute approximate surface area is 103 Å². The van der Waals surface area contributed by atoms with Crippen LogP contribution >= 0.6 is 0 Å². The molecule has 0 aliphatic carbocycles. The summed E-state index contributed by atoms with van der Waals surface area (Å²) in [7, 11) is 0. The number of nitrogens with one attached hydrogen (secondary N) is 2. The Bertz CT molecular complexity index is 345. The Morgan fingerprint density at radius 1 is 0.944 bits per heavy atom. The molecule has 8 heteroatoms. The molecular formula is C10H14N2O6. The highest BCUT2D eigenvalue weighted by molar-refractivity contribution is 5.97. The molecule has 8 nitrogen and oxygen atoms in total. The molecule has 0 aromatic carbocycles. The molecule has 1 aliphatic rings. The van der Waals surface area contributed by atoms with Crippen LogP contribution in [0.1, 0.15) is 13.8 Å². The number of carbonyl (C=O) groups is 4. The first-order valence-corrected chi connectivity index (χ1v) is 5.27. The number of ether oxygens (including phenoxy) is 2. The second-order valence-corrected chi connectivity index (χ2v) is 3.73. The lowest BCUT2D eigenvalue weighted by atomic mass is 10.1. The third kappa shape index (κ3) is 4.04. The maximum Gasteiger partial charge on any atom is 0.302 e. The van der Waals surface area contributed by atoms with E-state index in [0.717, 1.165) is 0 Å². The molecule has 1 saturated heterocycles. The molecule has 1 aliphatic heterocycles. The highest BCUT2D eigenvalue weighted by Crippen LogP contribution is 1.99. The molecule has 0 radical (unpaired) electrons. The van der Waals surface area contributed by atoms with E-state index in [9.17, 15) is 19.2 Å². The third-order valence-corrected chi connectivity index (χ3v) is 2.17. The first kappa shape index (κ1) is 13.9. The molecule has 0 spiro atoms. The van der Waals surface area contributed by atoms with Gasteiger partial charge in [0.05, 0.1) is 0 Å². The van der Waals surface area contributed by atoms with Crippen molar-refractivity contribution < 1.29 is 28.7 Å². The Balaban J connectivity index is 2.48. The normalized spacial score (nSPS) is 22.8. The van der Waals surface area contributed by atoms with Crippen molar-refractivity contribution in [2.75, 3.05) is 13.2 Å². The zero-order chi connectivity index (χ0) is 13.7. The summed E-state index contributed by atoms with van der Waals surface area (Å²) in [6.45, 7) is 1.94. The van der Waals surface area contributed by atoms with Crippen LogP contribution in [0.4, 0.5) is 0 Å². The van der Waals surface area contributed by atoms with Gasteiger partial charge < -0.3 is 20.1 Å². The van der Waals surface area contributed by atoms with Crippen LogP contribution in [0.3, 0.4) is 0 Å². The van der Waals surface area contributed by atoms with Crippen LogP contribution in [0.2, 0.25) is 0 Å². The molecule has 18 heavy (non-hydrogen) atoms. The maximum absolute atomic E-state index is 11.5. The molecule has 0 aromatic heterocycles. The van der Waals surface area contributed by atoms with E-state index in [0.29, 0.717) is 0 Å². The molecule has 0 aromatic rings. The molecule has 2 amide bonds. The van der Waals surface area contributed by atoms with Crippen LogP contribution < -0.4 is 10.6 Å². The van der Waals surface area contributed by atoms with Crippen molar-refractivity contribution in [2.45, 2.75) is 25.9 Å². The third-order valence-electron chi connectivity index (χ3n) is 2.17. The Morgan fingerprint density at radius 3 is 1.56 bits per heavy atom. The van der Waals surface area contributed by atoms with E-state index in [1.807, 2.05) is 0 Å². The van der Waals surface area contributed by atoms with Gasteiger partial charge in [-0.2, -0.15) is 0 Å². The second-order valence-electron chi connectivity index (χ2n) is 3.73. The number of piperazine rings is 1. The van der Waals surface area contributed by atoms with Crippen molar-refractivity contribution in [3.05, 3.63) is 0 Å². The number of amides is 2. The van der Waals surface area contributed by atoms with E-state index in [1.165, 1.54) is 13.8 Å². The standard InChI is InChI=1S/C10H14N2O6/c1-5(13)17-3-7-9(15)12-8(10(16)11-7)4-18-6(2)14/h7-8H,3-4H2,1-2H3,(H,11,16)(H,12,15)/t7-,8+. The molecule has 100 valence electrons. The average Bonchev–Trinajstić information content (AvgIpc) is 2.27. The lowest BCUT2D eigenvalue weighted by Gasteiger charge is -2.28. The van der Waals surface area contributed by atoms with E-state index in [4.69, 9.17) is 0 Å². The van der Waals surface area contributed by atoms with Crippen LogP contribution in [0.25, 0.3) is 0 Å². The molecule has 2 N–H and O–H groups in total. The van der Waals surface area contributed by atoms with Crippen LogP contribution in [0.5, 0.6) is 0 Å². The zero-order valence-electron chi connectivity index (χ0n) is 10.0. The van der Waals surface area contributed by atoms with Crippen molar-refractivity contribution in [1.82, 2.24) is 10.6 Å². The molecule has 1 rings (SSSR count). The van der Waals surface area contributed by atoms with E-state index in [2.05, 4.69) is 20.1 Å². The SMILES string of the molecule is CC(=O)OC[C@@H]1NC(=O)[C@@H](COC(C)=O)NC1=O. The quantitative estimate of drug-likeness (QED) is 0.569. The van der Waals surface area contributed by atoms with Crippen LogP contribution in [-0.4, -0.2) is 49.1 Å². The predicted octanol–water partition coefficient (Wildman–Crippen LogP) is -1.90. The summed E-state index contributed by atoms with van der Waals surface area (Å²) in [5.41, 5.74) is 0. The van der Waals surface area contributed by atoms with Gasteiger partial charge in [0.1, 0.15) is 25.3 Å². The van der Waals surface area contributed by atoms with Crippen molar-refractivity contribution in [3.8, 4) is 0 Å². The molecule has 1 fully saturated rings. The second kappa shape index (κ2) is 5.99. The van der Waals surface area contributed by atoms with Gasteiger partial charge in [-0.25, -0.2) is 0 Å². The first-order valence-electron chi connectivity index (χ1n) is 5.27. The van der Waals surface area contributed by atoms with E-state index >= 15 is 0 Å². The van der Waals surface area contributed by atoms with Crippen LogP contribution in [0.15, 0.2) is 0 Å². The number of esters is 2. The fraction of sp³-hybridized carbons (Fsp3) is 0.600. The Kier molecular flexibility index (Phi) is 4.64. The van der Waals surface area contributed by atoms with E-state index in [1.54, 1.807) is 0 Å². The summed E-state index contributed by atoms with van der Waals surface area (Å²) in [5, 5.41) is 4.75. The topological polar surface area (TPSA) is 111 Å². The van der Waals surface area contributed by atoms with Gasteiger partial charge in [-0.05, 0) is 0 Å². The number of hydrogen-bond donors (Lipinski definition) is 2. The minimum absolute atomic E-state index is 0.229. The molecular weight excluding hydrogens is 244 g/mol. The summed E-state index contributed by atoms with van der Waals surface area (Å²) in [6, 6.07) is -1.84. The molecule has 0 bridgehead atoms. The molecule has 1 heterocycles. The van der Waals surface area contributed by atoms with Crippen LogP contribution in [0, 0.1) is 0 Å². The van der Waals surface area contributed by atoms with Crippen LogP contribution in [-0.2, 0) is 28.7 Å². The van der Waals surface area contributed by atoms with Crippen molar-refractivity contribution in [2.24, 2.45) is 0 Å². The predicted molar refractivity (Wildman–Crippen MR) is 57.1 cm³/mol. The summed E-state index contributed by atoms with van der Waals surface area (Å²) in [4.78, 5) is 44.3. The minimum atomic E-state index is -0.921. The molecule has 2 atom stereocenters. The first-order chi connectivity index (χ1) is 8.40. The van der Waals surface area contributed by atoms with Gasteiger partial charge in [-0.3, -0.25) is 19.2 Å². The summed E-state index contributed by atoms with van der Waals surface area (Å²) >= 11 is 0. The Morgan fingerprint density at radius 2 is 1.28 bits per heavy atom. The van der Waals surface area contributed by atoms with Gasteiger partial charge in [-0.1, -0.05) is 0 Å². The van der Waals surface area contributed by atoms with E-state index in [-0.39, 0.29) is 13.2 Å². The lowest BCUT2D eigenvalue weighted by molar-refractivity contribution is -0.150. The summed E-state index contributed by atoms with van der Waals surface area (Å²) < 4.78 is 9.27. The lowest BCUT2D eigenvalue weighted by Crippen LogP contribution is -2.64. The van der Waals surface area contributed by atoms with Gasteiger partial charge in [0.15, 0.2) is 0 Å². The van der Waals surface area contributed by atoms with Gasteiger partial charge in [0.2, 0.25) is 11.8 Å². The van der Waals surface area contributed by atoms with Crippen molar-refractivity contribution in [3.63, 3.8) is 0 Å². The van der Waals surface area contributed by atoms with Gasteiger partial charge in [-0.15, -0.1) is 0 Å². The largest absolute Gasteiger partial charge is 0.463 e. The number of rotatable bonds is 4. The molecule has 0 saturated carbocycles. The monoisotopic (exact) mass is 258 g/mol. The van der Waals surface area contributed by atoms with Crippen molar-refractivity contribution in [1.29, 1.82) is 0 Å². The fourth-order valence-corrected chi connectivity index (χ4v) is 1.31. The zero-order valence-corrected chi connectivity index (χ0v) is 10.0. The van der Waals surface area contributed by atoms with Gasteiger partial charge >= 0.3 is 11.9 Å². The average molecular weight is 258 g/mol. The minimum Gasteiger partial charge on any atom is -0.463 e. The highest BCUT2D eigenvalue weighted by Gasteiger charge is 2.34. The summed E-state index contributed by atoms with van der Waals surface area (Å²) in [6.07, 6.45) is 0.